The first kappa shape index (κ1) is 27.0. The van der Waals surface area contributed by atoms with Gasteiger partial charge in [0, 0.05) is 54.9 Å². The fourth-order valence-electron chi connectivity index (χ4n) is 4.27. The molecule has 200 valence electrons. The Labute approximate surface area is 218 Å². The molecule has 0 aromatic carbocycles. The second-order valence-corrected chi connectivity index (χ2v) is 8.87. The summed E-state index contributed by atoms with van der Waals surface area (Å²) in [6, 6.07) is 4.30. The summed E-state index contributed by atoms with van der Waals surface area (Å²) in [7, 11) is 0. The van der Waals surface area contributed by atoms with Crippen molar-refractivity contribution in [1.29, 1.82) is 0 Å². The van der Waals surface area contributed by atoms with Crippen molar-refractivity contribution in [1.82, 2.24) is 35.5 Å². The van der Waals surface area contributed by atoms with Gasteiger partial charge in [0.1, 0.15) is 24.2 Å². The van der Waals surface area contributed by atoms with E-state index in [0.29, 0.717) is 29.8 Å². The van der Waals surface area contributed by atoms with Crippen LogP contribution in [0.15, 0.2) is 65.5 Å². The lowest BCUT2D eigenvalue weighted by Crippen LogP contribution is -2.40. The highest BCUT2D eigenvalue weighted by molar-refractivity contribution is 5.91. The second-order valence-electron chi connectivity index (χ2n) is 8.87. The number of hydrogen-bond donors (Lipinski definition) is 3. The second kappa shape index (κ2) is 11.5. The van der Waals surface area contributed by atoms with Crippen molar-refractivity contribution in [3.63, 3.8) is 0 Å². The predicted molar refractivity (Wildman–Crippen MR) is 139 cm³/mol. The van der Waals surface area contributed by atoms with Gasteiger partial charge in [-0.25, -0.2) is 9.97 Å². The molecular formula is C26H29F3N8O. The fraction of sp³-hybridized carbons (Fsp3) is 0.346. The number of halogens is 3. The van der Waals surface area contributed by atoms with Crippen molar-refractivity contribution >= 4 is 23.2 Å². The van der Waals surface area contributed by atoms with Crippen LogP contribution in [-0.2, 0) is 17.5 Å². The number of rotatable bonds is 9. The molecule has 0 fully saturated rings. The van der Waals surface area contributed by atoms with Crippen molar-refractivity contribution < 1.29 is 18.0 Å². The molecule has 1 aliphatic heterocycles. The van der Waals surface area contributed by atoms with Crippen LogP contribution in [0.4, 0.5) is 13.2 Å². The standard InChI is InChI=1S/C26H29F3N8O/c1-4-19(21-13-30-12-16(2)36-21)17(3)31-8-9-33-23(38)14-37-10-6-20-24(34-15-35-25(20)37)18-5-7-32-22(11-18)26(27,28)29/h4-7,10-13,15-17,31,36H,8-9,14H2,1-3H3,(H,33,38)/b19-4+. The minimum Gasteiger partial charge on any atom is -0.376 e. The zero-order valence-corrected chi connectivity index (χ0v) is 21.3. The summed E-state index contributed by atoms with van der Waals surface area (Å²) in [4.78, 5) is 28.7. The summed E-state index contributed by atoms with van der Waals surface area (Å²) < 4.78 is 41.0. The molecule has 0 radical (unpaired) electrons. The summed E-state index contributed by atoms with van der Waals surface area (Å²) >= 11 is 0. The van der Waals surface area contributed by atoms with E-state index in [4.69, 9.17) is 0 Å². The van der Waals surface area contributed by atoms with Crippen LogP contribution in [-0.4, -0.2) is 56.8 Å². The van der Waals surface area contributed by atoms with Gasteiger partial charge in [-0.1, -0.05) is 6.08 Å². The highest BCUT2D eigenvalue weighted by Crippen LogP contribution is 2.32. The molecule has 0 aliphatic carbocycles. The summed E-state index contributed by atoms with van der Waals surface area (Å²) in [5.74, 6) is -0.216. The highest BCUT2D eigenvalue weighted by Gasteiger charge is 2.32. The molecule has 9 nitrogen and oxygen atoms in total. The Kier molecular flexibility index (Phi) is 8.20. The third kappa shape index (κ3) is 6.25. The van der Waals surface area contributed by atoms with E-state index in [-0.39, 0.29) is 30.1 Å². The average Bonchev–Trinajstić information content (AvgIpc) is 3.29. The van der Waals surface area contributed by atoms with E-state index in [1.165, 1.54) is 12.4 Å². The molecule has 3 aromatic rings. The lowest BCUT2D eigenvalue weighted by Gasteiger charge is -2.24. The van der Waals surface area contributed by atoms with Gasteiger partial charge in [-0.2, -0.15) is 13.2 Å². The van der Waals surface area contributed by atoms with E-state index in [2.05, 4.69) is 35.9 Å². The maximum Gasteiger partial charge on any atom is 0.433 e. The molecule has 2 atom stereocenters. The molecule has 38 heavy (non-hydrogen) atoms. The molecule has 4 rings (SSSR count). The quantitative estimate of drug-likeness (QED) is 0.369. The summed E-state index contributed by atoms with van der Waals surface area (Å²) in [6.07, 6.45) is 5.15. The van der Waals surface area contributed by atoms with E-state index in [9.17, 15) is 18.0 Å². The zero-order chi connectivity index (χ0) is 27.3. The Morgan fingerprint density at radius 2 is 2.05 bits per heavy atom. The van der Waals surface area contributed by atoms with Crippen molar-refractivity contribution in [2.24, 2.45) is 4.99 Å². The topological polar surface area (TPSA) is 109 Å². The highest BCUT2D eigenvalue weighted by atomic mass is 19.4. The molecule has 0 spiro atoms. The molecular weight excluding hydrogens is 497 g/mol. The Balaban J connectivity index is 1.35. The van der Waals surface area contributed by atoms with Gasteiger partial charge >= 0.3 is 6.18 Å². The van der Waals surface area contributed by atoms with Gasteiger partial charge in [0.25, 0.3) is 0 Å². The molecule has 3 N–H and O–H groups in total. The number of hydrogen-bond acceptors (Lipinski definition) is 7. The molecule has 12 heteroatoms. The van der Waals surface area contributed by atoms with E-state index in [1.807, 2.05) is 33.1 Å². The third-order valence-electron chi connectivity index (χ3n) is 6.08. The van der Waals surface area contributed by atoms with Gasteiger partial charge < -0.3 is 20.5 Å². The molecule has 0 bridgehead atoms. The largest absolute Gasteiger partial charge is 0.433 e. The molecule has 0 saturated heterocycles. The van der Waals surface area contributed by atoms with Crippen LogP contribution in [0, 0.1) is 0 Å². The number of carbonyl (C=O) groups is 1. The van der Waals surface area contributed by atoms with E-state index < -0.39 is 11.9 Å². The Hall–Kier alpha value is -4.06. The average molecular weight is 527 g/mol. The molecule has 1 aliphatic rings. The lowest BCUT2D eigenvalue weighted by molar-refractivity contribution is -0.141. The first-order chi connectivity index (χ1) is 18.2. The SMILES string of the molecule is C/C=C(/C1=CN=CC(C)N1)C(C)NCCNC(=O)Cn1ccc2c(-c3ccnc(C(F)(F)F)c3)ncnc21. The maximum atomic E-state index is 13.1. The molecule has 0 saturated carbocycles. The summed E-state index contributed by atoms with van der Waals surface area (Å²) in [6.45, 7) is 7.03. The van der Waals surface area contributed by atoms with Gasteiger partial charge in [0.2, 0.25) is 5.91 Å². The Morgan fingerprint density at radius 3 is 2.79 bits per heavy atom. The minimum absolute atomic E-state index is 0.00641. The molecule has 4 heterocycles. The number of pyridine rings is 1. The lowest BCUT2D eigenvalue weighted by atomic mass is 10.0. The smallest absolute Gasteiger partial charge is 0.376 e. The Morgan fingerprint density at radius 1 is 1.24 bits per heavy atom. The number of aliphatic imine (C=N–C) groups is 1. The molecule has 1 amide bonds. The number of allylic oxidation sites excluding steroid dienone is 1. The zero-order valence-electron chi connectivity index (χ0n) is 21.3. The predicted octanol–water partition coefficient (Wildman–Crippen LogP) is 3.46. The van der Waals surface area contributed by atoms with Crippen molar-refractivity contribution in [3.8, 4) is 11.3 Å². The number of amides is 1. The van der Waals surface area contributed by atoms with Crippen molar-refractivity contribution in [2.45, 2.75) is 45.6 Å². The number of aromatic nitrogens is 4. The minimum atomic E-state index is -4.57. The van der Waals surface area contributed by atoms with E-state index in [1.54, 1.807) is 23.0 Å². The van der Waals surface area contributed by atoms with Gasteiger partial charge in [-0.05, 0) is 44.5 Å². The molecule has 2 unspecified atom stereocenters. The van der Waals surface area contributed by atoms with Gasteiger partial charge in [-0.15, -0.1) is 0 Å². The third-order valence-corrected chi connectivity index (χ3v) is 6.08. The number of alkyl halides is 3. The van der Waals surface area contributed by atoms with Crippen LogP contribution >= 0.6 is 0 Å². The maximum absolute atomic E-state index is 13.1. The van der Waals surface area contributed by atoms with E-state index in [0.717, 1.165) is 23.5 Å². The monoisotopic (exact) mass is 526 g/mol. The van der Waals surface area contributed by atoms with Gasteiger partial charge in [0.05, 0.1) is 17.4 Å². The van der Waals surface area contributed by atoms with Crippen LogP contribution in [0.2, 0.25) is 0 Å². The van der Waals surface area contributed by atoms with Gasteiger partial charge in [0.15, 0.2) is 0 Å². The van der Waals surface area contributed by atoms with Crippen molar-refractivity contribution in [3.05, 3.63) is 66.2 Å². The normalized spacial score (nSPS) is 16.7. The first-order valence-electron chi connectivity index (χ1n) is 12.2. The number of nitrogens with one attached hydrogen (secondary N) is 3. The van der Waals surface area contributed by atoms with Crippen LogP contribution in [0.5, 0.6) is 0 Å². The van der Waals surface area contributed by atoms with Crippen LogP contribution in [0.3, 0.4) is 0 Å². The van der Waals surface area contributed by atoms with Gasteiger partial charge in [-0.3, -0.25) is 14.8 Å². The van der Waals surface area contributed by atoms with Crippen LogP contribution in [0.25, 0.3) is 22.3 Å². The van der Waals surface area contributed by atoms with Crippen LogP contribution in [0.1, 0.15) is 26.5 Å². The molecule has 3 aromatic heterocycles. The Bertz CT molecular complexity index is 1390. The number of nitrogens with zero attached hydrogens (tertiary/aromatic N) is 5. The summed E-state index contributed by atoms with van der Waals surface area (Å²) in [5, 5.41) is 10.2. The number of carbonyl (C=O) groups excluding carboxylic acids is 1. The summed E-state index contributed by atoms with van der Waals surface area (Å²) in [5.41, 5.74) is 2.11. The fourth-order valence-corrected chi connectivity index (χ4v) is 4.27. The van der Waals surface area contributed by atoms with Crippen molar-refractivity contribution in [2.75, 3.05) is 13.1 Å². The van der Waals surface area contributed by atoms with Crippen LogP contribution < -0.4 is 16.0 Å². The number of fused-ring (bicyclic) bond motifs is 1. The van der Waals surface area contributed by atoms with E-state index >= 15 is 0 Å². The first-order valence-corrected chi connectivity index (χ1v) is 12.2.